The van der Waals surface area contributed by atoms with Crippen LogP contribution >= 0.6 is 0 Å². The second kappa shape index (κ2) is 9.41. The molecule has 1 saturated heterocycles. The largest absolute Gasteiger partial charge is 0.354 e. The lowest BCUT2D eigenvalue weighted by Gasteiger charge is -2.25. The third-order valence-corrected chi connectivity index (χ3v) is 5.96. The highest BCUT2D eigenvalue weighted by Crippen LogP contribution is 2.27. The topological polar surface area (TPSA) is 77.8 Å². The van der Waals surface area contributed by atoms with Crippen LogP contribution in [0.25, 0.3) is 0 Å². The molecular weight excluding hydrogens is 354 g/mol. The van der Waals surface area contributed by atoms with E-state index >= 15 is 0 Å². The van der Waals surface area contributed by atoms with Gasteiger partial charge >= 0.3 is 0 Å². The van der Waals surface area contributed by atoms with Gasteiger partial charge in [0.15, 0.2) is 5.96 Å². The number of aliphatic imine (C=N–C) groups is 1. The number of nitrogens with one attached hydrogen (secondary N) is 2. The van der Waals surface area contributed by atoms with Crippen molar-refractivity contribution in [3.05, 3.63) is 18.0 Å². The Balaban J connectivity index is 1.49. The predicted molar refractivity (Wildman–Crippen MR) is 111 cm³/mol. The average Bonchev–Trinajstić information content (AvgIpc) is 3.42. The molecule has 8 nitrogen and oxygen atoms in total. The summed E-state index contributed by atoms with van der Waals surface area (Å²) in [5, 5.41) is 11.2. The molecule has 2 unspecified atom stereocenters. The number of aryl methyl sites for hydroxylation is 1. The van der Waals surface area contributed by atoms with Crippen LogP contribution in [0.5, 0.6) is 0 Å². The van der Waals surface area contributed by atoms with Crippen LogP contribution in [-0.2, 0) is 11.8 Å². The first-order valence-corrected chi connectivity index (χ1v) is 10.4. The number of likely N-dealkylation sites (tertiary alicyclic amines) is 1. The van der Waals surface area contributed by atoms with Crippen molar-refractivity contribution in [2.24, 2.45) is 18.0 Å². The molecule has 2 aliphatic rings. The Morgan fingerprint density at radius 3 is 2.71 bits per heavy atom. The quantitative estimate of drug-likeness (QED) is 0.560. The average molecular weight is 390 g/mol. The second-order valence-electron chi connectivity index (χ2n) is 8.28. The number of aromatic nitrogens is 2. The summed E-state index contributed by atoms with van der Waals surface area (Å²) >= 11 is 0. The van der Waals surface area contributed by atoms with Crippen LogP contribution in [0.15, 0.2) is 17.4 Å². The molecule has 1 amide bonds. The first kappa shape index (κ1) is 20.6. The molecule has 2 N–H and O–H groups in total. The SMILES string of the molecule is CN=C(NCC(c1cnn(C)c1)N(C)C)NC1CCN(C(=O)C2CCCC2)C1. The number of carbonyl (C=O) groups excluding carboxylic acids is 1. The summed E-state index contributed by atoms with van der Waals surface area (Å²) in [7, 11) is 7.86. The Labute approximate surface area is 168 Å². The van der Waals surface area contributed by atoms with Crippen molar-refractivity contribution < 1.29 is 4.79 Å². The molecule has 8 heteroatoms. The molecule has 0 aromatic carbocycles. The minimum Gasteiger partial charge on any atom is -0.354 e. The van der Waals surface area contributed by atoms with Crippen molar-refractivity contribution >= 4 is 11.9 Å². The van der Waals surface area contributed by atoms with E-state index in [1.807, 2.05) is 29.0 Å². The number of rotatable bonds is 6. The van der Waals surface area contributed by atoms with E-state index in [4.69, 9.17) is 0 Å². The van der Waals surface area contributed by atoms with Crippen LogP contribution in [0.2, 0.25) is 0 Å². The fourth-order valence-corrected chi connectivity index (χ4v) is 4.30. The molecule has 2 heterocycles. The molecule has 1 aromatic heterocycles. The smallest absolute Gasteiger partial charge is 0.225 e. The van der Waals surface area contributed by atoms with Crippen molar-refractivity contribution in [1.29, 1.82) is 0 Å². The molecule has 156 valence electrons. The van der Waals surface area contributed by atoms with E-state index in [0.29, 0.717) is 5.91 Å². The van der Waals surface area contributed by atoms with Gasteiger partial charge in [-0.1, -0.05) is 12.8 Å². The van der Waals surface area contributed by atoms with E-state index in [2.05, 4.69) is 39.7 Å². The van der Waals surface area contributed by atoms with Gasteiger partial charge in [0.25, 0.3) is 0 Å². The molecule has 1 saturated carbocycles. The van der Waals surface area contributed by atoms with Gasteiger partial charge in [-0.15, -0.1) is 0 Å². The van der Waals surface area contributed by atoms with E-state index < -0.39 is 0 Å². The summed E-state index contributed by atoms with van der Waals surface area (Å²) in [5.74, 6) is 1.40. The normalized spacial score (nSPS) is 22.1. The van der Waals surface area contributed by atoms with Crippen molar-refractivity contribution in [1.82, 2.24) is 30.2 Å². The highest BCUT2D eigenvalue weighted by Gasteiger charge is 2.32. The van der Waals surface area contributed by atoms with Crippen LogP contribution in [0, 0.1) is 5.92 Å². The molecule has 0 spiro atoms. The summed E-state index contributed by atoms with van der Waals surface area (Å²) in [6.07, 6.45) is 9.46. The van der Waals surface area contributed by atoms with Crippen molar-refractivity contribution in [2.45, 2.75) is 44.2 Å². The zero-order valence-electron chi connectivity index (χ0n) is 17.7. The fraction of sp³-hybridized carbons (Fsp3) is 0.750. The second-order valence-corrected chi connectivity index (χ2v) is 8.28. The van der Waals surface area contributed by atoms with Gasteiger partial charge in [-0.2, -0.15) is 5.10 Å². The van der Waals surface area contributed by atoms with Gasteiger partial charge in [-0.05, 0) is 33.4 Å². The maximum Gasteiger partial charge on any atom is 0.225 e. The van der Waals surface area contributed by atoms with Crippen LogP contribution in [0.1, 0.15) is 43.7 Å². The van der Waals surface area contributed by atoms with Gasteiger partial charge in [0.2, 0.25) is 5.91 Å². The van der Waals surface area contributed by atoms with E-state index in [1.54, 1.807) is 7.05 Å². The zero-order valence-corrected chi connectivity index (χ0v) is 17.7. The third-order valence-electron chi connectivity index (χ3n) is 5.96. The van der Waals surface area contributed by atoms with E-state index in [-0.39, 0.29) is 18.0 Å². The van der Waals surface area contributed by atoms with E-state index in [9.17, 15) is 4.79 Å². The van der Waals surface area contributed by atoms with Gasteiger partial charge in [0.05, 0.1) is 12.2 Å². The standard InChI is InChI=1S/C20H35N7O/c1-21-20(22-12-18(25(2)3)16-11-23-26(4)13-16)24-17-9-10-27(14-17)19(28)15-7-5-6-8-15/h11,13,15,17-18H,5-10,12,14H2,1-4H3,(H2,21,22,24). The Hall–Kier alpha value is -2.09. The first-order valence-electron chi connectivity index (χ1n) is 10.4. The lowest BCUT2D eigenvalue weighted by Crippen LogP contribution is -2.47. The fourth-order valence-electron chi connectivity index (χ4n) is 4.30. The molecule has 3 rings (SSSR count). The van der Waals surface area contributed by atoms with Crippen molar-refractivity contribution in [3.63, 3.8) is 0 Å². The maximum absolute atomic E-state index is 12.6. The van der Waals surface area contributed by atoms with Crippen LogP contribution < -0.4 is 10.6 Å². The number of hydrogen-bond acceptors (Lipinski definition) is 4. The summed E-state index contributed by atoms with van der Waals surface area (Å²) in [6, 6.07) is 0.462. The molecular formula is C20H35N7O. The maximum atomic E-state index is 12.6. The van der Waals surface area contributed by atoms with Gasteiger partial charge in [-0.3, -0.25) is 14.5 Å². The number of carbonyl (C=O) groups is 1. The van der Waals surface area contributed by atoms with Gasteiger partial charge < -0.3 is 20.4 Å². The van der Waals surface area contributed by atoms with Crippen molar-refractivity contribution in [2.75, 3.05) is 40.8 Å². The minimum atomic E-state index is 0.205. The first-order chi connectivity index (χ1) is 13.5. The minimum absolute atomic E-state index is 0.205. The van der Waals surface area contributed by atoms with Crippen LogP contribution in [0.3, 0.4) is 0 Å². The highest BCUT2D eigenvalue weighted by atomic mass is 16.2. The van der Waals surface area contributed by atoms with Gasteiger partial charge in [0.1, 0.15) is 0 Å². The molecule has 0 radical (unpaired) electrons. The summed E-state index contributed by atoms with van der Waals surface area (Å²) < 4.78 is 1.83. The molecule has 1 aliphatic heterocycles. The Bertz CT molecular complexity index is 678. The number of hydrogen-bond donors (Lipinski definition) is 2. The highest BCUT2D eigenvalue weighted by molar-refractivity contribution is 5.81. The Kier molecular flexibility index (Phi) is 6.93. The number of likely N-dealkylation sites (N-methyl/N-ethyl adjacent to an activating group) is 1. The number of amides is 1. The number of guanidine groups is 1. The van der Waals surface area contributed by atoms with Crippen LogP contribution in [-0.4, -0.2) is 78.3 Å². The molecule has 28 heavy (non-hydrogen) atoms. The lowest BCUT2D eigenvalue weighted by atomic mass is 10.1. The molecule has 1 aromatic rings. The molecule has 0 bridgehead atoms. The van der Waals surface area contributed by atoms with Gasteiger partial charge in [-0.25, -0.2) is 0 Å². The Morgan fingerprint density at radius 1 is 1.36 bits per heavy atom. The summed E-state index contributed by atoms with van der Waals surface area (Å²) in [5.41, 5.74) is 1.17. The molecule has 2 atom stereocenters. The van der Waals surface area contributed by atoms with Gasteiger partial charge in [0, 0.05) is 57.4 Å². The zero-order chi connectivity index (χ0) is 20.1. The summed E-state index contributed by atoms with van der Waals surface area (Å²) in [6.45, 7) is 2.35. The number of nitrogens with zero attached hydrogens (tertiary/aromatic N) is 5. The lowest BCUT2D eigenvalue weighted by molar-refractivity contribution is -0.134. The molecule has 1 aliphatic carbocycles. The molecule has 2 fully saturated rings. The van der Waals surface area contributed by atoms with Crippen molar-refractivity contribution in [3.8, 4) is 0 Å². The van der Waals surface area contributed by atoms with E-state index in [1.165, 1.54) is 18.4 Å². The predicted octanol–water partition coefficient (Wildman–Crippen LogP) is 0.979. The van der Waals surface area contributed by atoms with Crippen LogP contribution in [0.4, 0.5) is 0 Å². The Morgan fingerprint density at radius 2 is 2.11 bits per heavy atom. The summed E-state index contributed by atoms with van der Waals surface area (Å²) in [4.78, 5) is 21.2. The third kappa shape index (κ3) is 5.04. The monoisotopic (exact) mass is 389 g/mol. The van der Waals surface area contributed by atoms with E-state index in [0.717, 1.165) is 44.9 Å².